The number of rotatable bonds is 5. The van der Waals surface area contributed by atoms with Crippen molar-refractivity contribution in [1.82, 2.24) is 14.8 Å². The van der Waals surface area contributed by atoms with Crippen molar-refractivity contribution in [1.29, 1.82) is 0 Å². The smallest absolute Gasteiger partial charge is 0.397 e. The van der Waals surface area contributed by atoms with Crippen molar-refractivity contribution >= 4 is 11.8 Å². The van der Waals surface area contributed by atoms with Crippen molar-refractivity contribution < 1.29 is 9.34 Å². The number of furan rings is 1. The molecule has 2 rings (SSSR count). The lowest BCUT2D eigenvalue weighted by molar-refractivity contribution is -0.401. The van der Waals surface area contributed by atoms with Gasteiger partial charge in [-0.1, -0.05) is 0 Å². The van der Waals surface area contributed by atoms with Gasteiger partial charge in [0.05, 0.1) is 6.07 Å². The van der Waals surface area contributed by atoms with Gasteiger partial charge in [0.15, 0.2) is 5.76 Å². The summed E-state index contributed by atoms with van der Waals surface area (Å²) in [5.41, 5.74) is 0. The normalized spacial score (nSPS) is 10.6. The molecule has 2 aromatic rings. The van der Waals surface area contributed by atoms with Crippen LogP contribution in [0.3, 0.4) is 0 Å². The van der Waals surface area contributed by atoms with E-state index in [1.165, 1.54) is 12.1 Å². The van der Waals surface area contributed by atoms with Gasteiger partial charge in [-0.15, -0.1) is 10.2 Å². The molecule has 0 aliphatic rings. The zero-order chi connectivity index (χ0) is 13.1. The molecule has 0 amide bonds. The van der Waals surface area contributed by atoms with Crippen molar-refractivity contribution in [3.8, 4) is 11.6 Å². The standard InChI is InChI=1S/C10H13N5O3/c1-3-11-10-13-12-9(14(10)4-2)7-5-6-8(18-7)15(16)17/h5-6H,3-4H2,1-2H3,(H,11,13). The van der Waals surface area contributed by atoms with Crippen LogP contribution in [0, 0.1) is 10.1 Å². The summed E-state index contributed by atoms with van der Waals surface area (Å²) in [5.74, 6) is 1.12. The first-order chi connectivity index (χ1) is 8.67. The van der Waals surface area contributed by atoms with E-state index in [2.05, 4.69) is 15.5 Å². The molecular weight excluding hydrogens is 238 g/mol. The van der Waals surface area contributed by atoms with Gasteiger partial charge in [-0.05, 0) is 19.9 Å². The molecule has 0 radical (unpaired) electrons. The largest absolute Gasteiger partial charge is 0.433 e. The number of aromatic nitrogens is 3. The Morgan fingerprint density at radius 1 is 1.44 bits per heavy atom. The topological polar surface area (TPSA) is 99.0 Å². The van der Waals surface area contributed by atoms with Gasteiger partial charge in [-0.3, -0.25) is 14.7 Å². The van der Waals surface area contributed by atoms with Crippen molar-refractivity contribution in [2.75, 3.05) is 11.9 Å². The average Bonchev–Trinajstić information content (AvgIpc) is 2.94. The Labute approximate surface area is 103 Å². The molecule has 0 aromatic carbocycles. The second-order valence-electron chi connectivity index (χ2n) is 3.52. The fourth-order valence-electron chi connectivity index (χ4n) is 1.62. The van der Waals surface area contributed by atoms with Crippen LogP contribution < -0.4 is 5.32 Å². The number of anilines is 1. The minimum absolute atomic E-state index is 0.305. The fourth-order valence-corrected chi connectivity index (χ4v) is 1.62. The Morgan fingerprint density at radius 2 is 2.22 bits per heavy atom. The monoisotopic (exact) mass is 251 g/mol. The van der Waals surface area contributed by atoms with Gasteiger partial charge < -0.3 is 9.73 Å². The third-order valence-electron chi connectivity index (χ3n) is 2.39. The highest BCUT2D eigenvalue weighted by Crippen LogP contribution is 2.26. The summed E-state index contributed by atoms with van der Waals surface area (Å²) in [6.45, 7) is 5.24. The van der Waals surface area contributed by atoms with Crippen LogP contribution in [0.25, 0.3) is 11.6 Å². The molecule has 0 atom stereocenters. The van der Waals surface area contributed by atoms with Crippen LogP contribution in [0.4, 0.5) is 11.8 Å². The second-order valence-corrected chi connectivity index (χ2v) is 3.52. The molecular formula is C10H13N5O3. The molecule has 0 bridgehead atoms. The zero-order valence-corrected chi connectivity index (χ0v) is 10.1. The molecule has 0 spiro atoms. The SMILES string of the molecule is CCNc1nnc(-c2ccc([N+](=O)[O-])o2)n1CC. The second kappa shape index (κ2) is 4.86. The van der Waals surface area contributed by atoms with Crippen LogP contribution >= 0.6 is 0 Å². The predicted molar refractivity (Wildman–Crippen MR) is 64.2 cm³/mol. The summed E-state index contributed by atoms with van der Waals surface area (Å²) in [6, 6.07) is 2.82. The highest BCUT2D eigenvalue weighted by atomic mass is 16.6. The van der Waals surface area contributed by atoms with Crippen molar-refractivity contribution in [2.45, 2.75) is 20.4 Å². The predicted octanol–water partition coefficient (Wildman–Crippen LogP) is 1.90. The van der Waals surface area contributed by atoms with Crippen molar-refractivity contribution in [3.63, 3.8) is 0 Å². The average molecular weight is 251 g/mol. The molecule has 0 aliphatic carbocycles. The quantitative estimate of drug-likeness (QED) is 0.643. The molecule has 0 aliphatic heterocycles. The third kappa shape index (κ3) is 2.04. The van der Waals surface area contributed by atoms with E-state index in [4.69, 9.17) is 4.42 Å². The lowest BCUT2D eigenvalue weighted by atomic mass is 10.4. The Bertz CT molecular complexity index is 560. The molecule has 2 heterocycles. The third-order valence-corrected chi connectivity index (χ3v) is 2.39. The lowest BCUT2D eigenvalue weighted by Gasteiger charge is -2.05. The van der Waals surface area contributed by atoms with Crippen LogP contribution in [0.15, 0.2) is 16.5 Å². The van der Waals surface area contributed by atoms with E-state index in [9.17, 15) is 10.1 Å². The van der Waals surface area contributed by atoms with Gasteiger partial charge in [0.1, 0.15) is 4.92 Å². The molecule has 1 N–H and O–H groups in total. The van der Waals surface area contributed by atoms with Crippen LogP contribution in [0.2, 0.25) is 0 Å². The van der Waals surface area contributed by atoms with Crippen molar-refractivity contribution in [2.24, 2.45) is 0 Å². The molecule has 18 heavy (non-hydrogen) atoms. The summed E-state index contributed by atoms with van der Waals surface area (Å²) in [7, 11) is 0. The number of hydrogen-bond donors (Lipinski definition) is 1. The maximum atomic E-state index is 10.6. The number of nitrogens with zero attached hydrogens (tertiary/aromatic N) is 4. The first kappa shape index (κ1) is 12.1. The van der Waals surface area contributed by atoms with Gasteiger partial charge in [-0.25, -0.2) is 0 Å². The lowest BCUT2D eigenvalue weighted by Crippen LogP contribution is -2.06. The van der Waals surface area contributed by atoms with Gasteiger partial charge in [0.25, 0.3) is 0 Å². The molecule has 8 heteroatoms. The Kier molecular flexibility index (Phi) is 3.26. The van der Waals surface area contributed by atoms with Crippen molar-refractivity contribution in [3.05, 3.63) is 22.2 Å². The van der Waals surface area contributed by atoms with E-state index >= 15 is 0 Å². The highest BCUT2D eigenvalue weighted by Gasteiger charge is 2.19. The van der Waals surface area contributed by atoms with E-state index in [1.54, 1.807) is 4.57 Å². The first-order valence-corrected chi connectivity index (χ1v) is 5.59. The zero-order valence-electron chi connectivity index (χ0n) is 10.1. The molecule has 0 saturated heterocycles. The van der Waals surface area contributed by atoms with E-state index in [1.807, 2.05) is 13.8 Å². The van der Waals surface area contributed by atoms with Gasteiger partial charge in [0, 0.05) is 13.1 Å². The Morgan fingerprint density at radius 3 is 2.78 bits per heavy atom. The van der Waals surface area contributed by atoms with Gasteiger partial charge in [-0.2, -0.15) is 0 Å². The van der Waals surface area contributed by atoms with E-state index in [0.717, 1.165) is 6.54 Å². The summed E-state index contributed by atoms with van der Waals surface area (Å²) in [6.07, 6.45) is 0. The molecule has 96 valence electrons. The first-order valence-electron chi connectivity index (χ1n) is 5.59. The van der Waals surface area contributed by atoms with Gasteiger partial charge in [0.2, 0.25) is 11.8 Å². The summed E-state index contributed by atoms with van der Waals surface area (Å²) >= 11 is 0. The minimum Gasteiger partial charge on any atom is -0.397 e. The summed E-state index contributed by atoms with van der Waals surface area (Å²) in [5, 5.41) is 21.6. The molecule has 0 unspecified atom stereocenters. The maximum absolute atomic E-state index is 10.6. The molecule has 0 saturated carbocycles. The Hall–Kier alpha value is -2.38. The molecule has 8 nitrogen and oxygen atoms in total. The minimum atomic E-state index is -0.582. The molecule has 2 aromatic heterocycles. The Balaban J connectivity index is 2.40. The highest BCUT2D eigenvalue weighted by molar-refractivity contribution is 5.52. The van der Waals surface area contributed by atoms with E-state index in [-0.39, 0.29) is 5.88 Å². The van der Waals surface area contributed by atoms with E-state index < -0.39 is 4.92 Å². The fraction of sp³-hybridized carbons (Fsp3) is 0.400. The summed E-state index contributed by atoms with van der Waals surface area (Å²) in [4.78, 5) is 9.98. The summed E-state index contributed by atoms with van der Waals surface area (Å²) < 4.78 is 6.91. The van der Waals surface area contributed by atoms with Crippen LogP contribution in [0.1, 0.15) is 13.8 Å². The molecule has 0 fully saturated rings. The number of hydrogen-bond acceptors (Lipinski definition) is 6. The van der Waals surface area contributed by atoms with Crippen LogP contribution in [0.5, 0.6) is 0 Å². The van der Waals surface area contributed by atoms with Crippen LogP contribution in [-0.4, -0.2) is 26.2 Å². The van der Waals surface area contributed by atoms with E-state index in [0.29, 0.717) is 24.1 Å². The number of nitro groups is 1. The van der Waals surface area contributed by atoms with Crippen LogP contribution in [-0.2, 0) is 6.54 Å². The maximum Gasteiger partial charge on any atom is 0.433 e. The van der Waals surface area contributed by atoms with Gasteiger partial charge >= 0.3 is 5.88 Å². The number of nitrogens with one attached hydrogen (secondary N) is 1.